The van der Waals surface area contributed by atoms with Crippen molar-refractivity contribution in [3.63, 3.8) is 0 Å². The Hall–Kier alpha value is -1.66. The Morgan fingerprint density at radius 2 is 2.04 bits per heavy atom. The number of carbonyl (C=O) groups excluding carboxylic acids is 2. The molecule has 126 valence electrons. The molecule has 1 aliphatic rings. The number of anilines is 1. The molecule has 0 radical (unpaired) electrons. The molecular formula is C18H20N2O2S2. The maximum atomic E-state index is 12.2. The fourth-order valence-electron chi connectivity index (χ4n) is 2.76. The van der Waals surface area contributed by atoms with Crippen molar-refractivity contribution < 1.29 is 9.59 Å². The van der Waals surface area contributed by atoms with Crippen LogP contribution >= 0.6 is 23.1 Å². The summed E-state index contributed by atoms with van der Waals surface area (Å²) in [6.07, 6.45) is 1.33. The van der Waals surface area contributed by atoms with Crippen molar-refractivity contribution in [2.75, 3.05) is 11.1 Å². The number of fused-ring (bicyclic) bond motifs is 1. The number of hydrogen-bond acceptors (Lipinski definition) is 5. The van der Waals surface area contributed by atoms with Gasteiger partial charge in [-0.1, -0.05) is 55.5 Å². The Bertz CT molecular complexity index is 754. The molecule has 1 aromatic carbocycles. The van der Waals surface area contributed by atoms with Crippen molar-refractivity contribution in [2.24, 2.45) is 5.41 Å². The summed E-state index contributed by atoms with van der Waals surface area (Å²) in [4.78, 5) is 29.4. The SMILES string of the molecule is CC1(C)CC(=O)c2sc(NC(=O)CSCc3ccccc3)nc2C1. The predicted molar refractivity (Wildman–Crippen MR) is 99.8 cm³/mol. The smallest absolute Gasteiger partial charge is 0.236 e. The zero-order valence-corrected chi connectivity index (χ0v) is 15.4. The van der Waals surface area contributed by atoms with E-state index >= 15 is 0 Å². The predicted octanol–water partition coefficient (Wildman–Crippen LogP) is 4.17. The van der Waals surface area contributed by atoms with E-state index in [9.17, 15) is 9.59 Å². The Balaban J connectivity index is 1.55. The summed E-state index contributed by atoms with van der Waals surface area (Å²) in [6, 6.07) is 10.1. The maximum absolute atomic E-state index is 12.2. The molecule has 0 unspecified atom stereocenters. The molecule has 4 nitrogen and oxygen atoms in total. The molecule has 0 aliphatic heterocycles. The van der Waals surface area contributed by atoms with Crippen LogP contribution < -0.4 is 5.32 Å². The topological polar surface area (TPSA) is 59.1 Å². The van der Waals surface area contributed by atoms with Gasteiger partial charge in [-0.05, 0) is 17.4 Å². The number of ketones is 1. The van der Waals surface area contributed by atoms with Crippen molar-refractivity contribution in [1.29, 1.82) is 0 Å². The van der Waals surface area contributed by atoms with Gasteiger partial charge in [0.05, 0.1) is 16.3 Å². The Morgan fingerprint density at radius 3 is 2.79 bits per heavy atom. The van der Waals surface area contributed by atoms with Crippen LogP contribution in [0.15, 0.2) is 30.3 Å². The summed E-state index contributed by atoms with van der Waals surface area (Å²) in [5.41, 5.74) is 1.98. The minimum Gasteiger partial charge on any atom is -0.301 e. The first kappa shape index (κ1) is 17.2. The van der Waals surface area contributed by atoms with E-state index in [-0.39, 0.29) is 17.1 Å². The standard InChI is InChI=1S/C18H20N2O2S2/c1-18(2)8-13-16(14(21)9-18)24-17(19-13)20-15(22)11-23-10-12-6-4-3-5-7-12/h3-7H,8-11H2,1-2H3,(H,19,20,22). The van der Waals surface area contributed by atoms with E-state index in [0.717, 1.165) is 17.9 Å². The molecule has 0 bridgehead atoms. The van der Waals surface area contributed by atoms with Gasteiger partial charge in [0.1, 0.15) is 0 Å². The Labute approximate surface area is 150 Å². The Kier molecular flexibility index (Phi) is 5.06. The third kappa shape index (κ3) is 4.24. The van der Waals surface area contributed by atoms with Gasteiger partial charge in [0, 0.05) is 12.2 Å². The maximum Gasteiger partial charge on any atom is 0.236 e. The lowest BCUT2D eigenvalue weighted by atomic mass is 9.78. The number of benzene rings is 1. The molecule has 1 heterocycles. The van der Waals surface area contributed by atoms with E-state index < -0.39 is 0 Å². The number of Topliss-reactive ketones (excluding diaryl/α,β-unsaturated/α-hetero) is 1. The number of thioether (sulfide) groups is 1. The van der Waals surface area contributed by atoms with Gasteiger partial charge in [-0.15, -0.1) is 11.8 Å². The van der Waals surface area contributed by atoms with Crippen LogP contribution in [0.3, 0.4) is 0 Å². The number of carbonyl (C=O) groups is 2. The van der Waals surface area contributed by atoms with Crippen LogP contribution in [0.5, 0.6) is 0 Å². The molecular weight excluding hydrogens is 340 g/mol. The van der Waals surface area contributed by atoms with Crippen molar-refractivity contribution in [3.8, 4) is 0 Å². The second-order valence-corrected chi connectivity index (χ2v) is 8.75. The zero-order chi connectivity index (χ0) is 17.2. The first-order valence-corrected chi connectivity index (χ1v) is 9.84. The number of thiazole rings is 1. The minimum atomic E-state index is -0.0752. The van der Waals surface area contributed by atoms with E-state index in [4.69, 9.17) is 0 Å². The highest BCUT2D eigenvalue weighted by Gasteiger charge is 2.34. The molecule has 0 saturated heterocycles. The lowest BCUT2D eigenvalue weighted by Crippen LogP contribution is -2.26. The van der Waals surface area contributed by atoms with Crippen LogP contribution in [0.1, 0.15) is 41.2 Å². The average Bonchev–Trinajstić information content (AvgIpc) is 2.89. The fourth-order valence-corrected chi connectivity index (χ4v) is 4.49. The average molecular weight is 361 g/mol. The lowest BCUT2D eigenvalue weighted by Gasteiger charge is -2.26. The first-order valence-electron chi connectivity index (χ1n) is 7.87. The molecule has 1 aliphatic carbocycles. The quantitative estimate of drug-likeness (QED) is 0.869. The Morgan fingerprint density at radius 1 is 1.29 bits per heavy atom. The van der Waals surface area contributed by atoms with Crippen molar-refractivity contribution in [2.45, 2.75) is 32.4 Å². The van der Waals surface area contributed by atoms with Gasteiger partial charge < -0.3 is 5.32 Å². The number of nitrogens with zero attached hydrogens (tertiary/aromatic N) is 1. The van der Waals surface area contributed by atoms with Crippen molar-refractivity contribution in [1.82, 2.24) is 4.98 Å². The number of aromatic nitrogens is 1. The molecule has 2 aromatic rings. The normalized spacial score (nSPS) is 15.8. The molecule has 1 N–H and O–H groups in total. The number of amides is 1. The van der Waals surface area contributed by atoms with Gasteiger partial charge in [0.2, 0.25) is 5.91 Å². The van der Waals surface area contributed by atoms with Crippen LogP contribution in [0.2, 0.25) is 0 Å². The van der Waals surface area contributed by atoms with Gasteiger partial charge in [-0.3, -0.25) is 9.59 Å². The molecule has 0 saturated carbocycles. The number of nitrogens with one attached hydrogen (secondary N) is 1. The highest BCUT2D eigenvalue weighted by Crippen LogP contribution is 2.38. The third-order valence-electron chi connectivity index (χ3n) is 3.83. The summed E-state index contributed by atoms with van der Waals surface area (Å²) in [6.45, 7) is 4.15. The molecule has 6 heteroatoms. The third-order valence-corrected chi connectivity index (χ3v) is 5.88. The largest absolute Gasteiger partial charge is 0.301 e. The molecule has 3 rings (SSSR count). The van der Waals surface area contributed by atoms with Gasteiger partial charge in [-0.25, -0.2) is 4.98 Å². The number of rotatable bonds is 5. The van der Waals surface area contributed by atoms with Crippen molar-refractivity contribution in [3.05, 3.63) is 46.5 Å². The van der Waals surface area contributed by atoms with Crippen LogP contribution in [-0.4, -0.2) is 22.4 Å². The summed E-state index contributed by atoms with van der Waals surface area (Å²) >= 11 is 2.87. The highest BCUT2D eigenvalue weighted by atomic mass is 32.2. The molecule has 1 aromatic heterocycles. The summed E-state index contributed by atoms with van der Waals surface area (Å²) in [7, 11) is 0. The van der Waals surface area contributed by atoms with E-state index in [0.29, 0.717) is 22.2 Å². The van der Waals surface area contributed by atoms with Gasteiger partial charge in [-0.2, -0.15) is 0 Å². The van der Waals surface area contributed by atoms with E-state index in [1.54, 1.807) is 11.8 Å². The summed E-state index contributed by atoms with van der Waals surface area (Å²) in [5.74, 6) is 1.24. The summed E-state index contributed by atoms with van der Waals surface area (Å²) in [5, 5.41) is 3.37. The van der Waals surface area contributed by atoms with Crippen LogP contribution in [-0.2, 0) is 17.0 Å². The van der Waals surface area contributed by atoms with Crippen LogP contribution in [0.25, 0.3) is 0 Å². The van der Waals surface area contributed by atoms with E-state index in [2.05, 4.69) is 24.1 Å². The highest BCUT2D eigenvalue weighted by molar-refractivity contribution is 7.99. The van der Waals surface area contributed by atoms with Gasteiger partial charge in [0.25, 0.3) is 0 Å². The molecule has 1 amide bonds. The van der Waals surface area contributed by atoms with Crippen LogP contribution in [0, 0.1) is 5.41 Å². The zero-order valence-electron chi connectivity index (χ0n) is 13.8. The molecule has 0 spiro atoms. The van der Waals surface area contributed by atoms with Gasteiger partial charge in [0.15, 0.2) is 10.9 Å². The fraction of sp³-hybridized carbons (Fsp3) is 0.389. The van der Waals surface area contributed by atoms with Gasteiger partial charge >= 0.3 is 0 Å². The second kappa shape index (κ2) is 7.07. The van der Waals surface area contributed by atoms with Crippen molar-refractivity contribution >= 4 is 39.9 Å². The molecule has 0 fully saturated rings. The van der Waals surface area contributed by atoms with E-state index in [1.165, 1.54) is 16.9 Å². The molecule has 0 atom stereocenters. The first-order chi connectivity index (χ1) is 11.4. The monoisotopic (exact) mass is 360 g/mol. The summed E-state index contributed by atoms with van der Waals surface area (Å²) < 4.78 is 0. The second-order valence-electron chi connectivity index (χ2n) is 6.76. The molecule has 24 heavy (non-hydrogen) atoms. The van der Waals surface area contributed by atoms with Crippen LogP contribution in [0.4, 0.5) is 5.13 Å². The minimum absolute atomic E-state index is 0.0506. The lowest BCUT2D eigenvalue weighted by molar-refractivity contribution is -0.113. The number of hydrogen-bond donors (Lipinski definition) is 1. The van der Waals surface area contributed by atoms with E-state index in [1.807, 2.05) is 30.3 Å².